The Balaban J connectivity index is 2.03. The molecule has 0 fully saturated rings. The van der Waals surface area contributed by atoms with Crippen molar-refractivity contribution in [3.63, 3.8) is 0 Å². The Labute approximate surface area is 201 Å². The lowest BCUT2D eigenvalue weighted by molar-refractivity contribution is -0.385. The van der Waals surface area contributed by atoms with E-state index in [4.69, 9.17) is 0 Å². The zero-order valence-corrected chi connectivity index (χ0v) is 20.2. The molecule has 7 nitrogen and oxygen atoms in total. The number of nitriles is 1. The monoisotopic (exact) mass is 506 g/mol. The molecule has 168 valence electrons. The van der Waals surface area contributed by atoms with Gasteiger partial charge in [-0.2, -0.15) is 5.26 Å². The van der Waals surface area contributed by atoms with Crippen LogP contribution in [0.5, 0.6) is 0 Å². The van der Waals surface area contributed by atoms with E-state index in [1.165, 1.54) is 4.90 Å². The number of halogens is 1. The number of benzene rings is 2. The van der Waals surface area contributed by atoms with Crippen molar-refractivity contribution >= 4 is 33.3 Å². The molecule has 0 atom stereocenters. The van der Waals surface area contributed by atoms with Gasteiger partial charge in [-0.1, -0.05) is 49.4 Å². The SMILES string of the molecule is CCCC(=O)N(Cc1ccc(-c2ccccc2C#N)cc1)c1nc(C)c(Br)c(C)c1[N+](=O)[O-]. The summed E-state index contributed by atoms with van der Waals surface area (Å²) >= 11 is 3.36. The third-order valence-electron chi connectivity index (χ3n) is 5.34. The zero-order chi connectivity index (χ0) is 24.1. The summed E-state index contributed by atoms with van der Waals surface area (Å²) < 4.78 is 0.557. The van der Waals surface area contributed by atoms with Crippen LogP contribution in [0.2, 0.25) is 0 Å². The summed E-state index contributed by atoms with van der Waals surface area (Å²) in [5.41, 5.74) is 3.89. The number of aryl methyl sites for hydroxylation is 1. The van der Waals surface area contributed by atoms with Crippen LogP contribution in [-0.4, -0.2) is 15.8 Å². The fourth-order valence-electron chi connectivity index (χ4n) is 3.65. The molecule has 0 radical (unpaired) electrons. The molecule has 0 saturated heterocycles. The predicted molar refractivity (Wildman–Crippen MR) is 131 cm³/mol. The fraction of sp³-hybridized carbons (Fsp3) is 0.240. The Hall–Kier alpha value is -3.57. The second-order valence-electron chi connectivity index (χ2n) is 7.65. The smallest absolute Gasteiger partial charge is 0.287 e. The summed E-state index contributed by atoms with van der Waals surface area (Å²) in [6, 6.07) is 17.0. The van der Waals surface area contributed by atoms with Crippen LogP contribution in [0.3, 0.4) is 0 Å². The maximum absolute atomic E-state index is 13.0. The molecule has 1 amide bonds. The van der Waals surface area contributed by atoms with Crippen molar-refractivity contribution in [1.29, 1.82) is 5.26 Å². The number of amides is 1. The number of nitrogens with zero attached hydrogens (tertiary/aromatic N) is 4. The second kappa shape index (κ2) is 10.4. The minimum Gasteiger partial charge on any atom is -0.287 e. The van der Waals surface area contributed by atoms with E-state index in [1.54, 1.807) is 19.9 Å². The van der Waals surface area contributed by atoms with Gasteiger partial charge in [-0.3, -0.25) is 19.8 Å². The van der Waals surface area contributed by atoms with E-state index >= 15 is 0 Å². The normalized spacial score (nSPS) is 10.5. The molecule has 0 aliphatic rings. The maximum Gasteiger partial charge on any atom is 0.316 e. The van der Waals surface area contributed by atoms with Gasteiger partial charge in [0.2, 0.25) is 11.7 Å². The molecule has 3 aromatic rings. The number of hydrogen-bond donors (Lipinski definition) is 0. The zero-order valence-electron chi connectivity index (χ0n) is 18.6. The highest BCUT2D eigenvalue weighted by atomic mass is 79.9. The molecule has 0 saturated carbocycles. The van der Waals surface area contributed by atoms with Gasteiger partial charge in [-0.15, -0.1) is 0 Å². The average Bonchev–Trinajstić information content (AvgIpc) is 2.81. The molecular weight excluding hydrogens is 484 g/mol. The first-order chi connectivity index (χ1) is 15.8. The molecule has 8 heteroatoms. The highest BCUT2D eigenvalue weighted by molar-refractivity contribution is 9.10. The standard InChI is InChI=1S/C25H23BrN4O3/c1-4-7-22(31)29(25-24(30(32)33)16(2)23(26)17(3)28-25)15-18-10-12-19(13-11-18)21-9-6-5-8-20(21)14-27/h5-6,8-13H,4,7,15H2,1-3H3. The third-order valence-corrected chi connectivity index (χ3v) is 6.51. The van der Waals surface area contributed by atoms with Crippen LogP contribution in [-0.2, 0) is 11.3 Å². The lowest BCUT2D eigenvalue weighted by Crippen LogP contribution is -2.32. The van der Waals surface area contributed by atoms with E-state index < -0.39 is 4.92 Å². The minimum absolute atomic E-state index is 0.0514. The lowest BCUT2D eigenvalue weighted by atomic mass is 9.99. The molecule has 0 spiro atoms. The quantitative estimate of drug-likeness (QED) is 0.278. The third kappa shape index (κ3) is 5.10. The van der Waals surface area contributed by atoms with E-state index in [0.29, 0.717) is 27.7 Å². The maximum atomic E-state index is 13.0. The van der Waals surface area contributed by atoms with E-state index in [-0.39, 0.29) is 30.4 Å². The summed E-state index contributed by atoms with van der Waals surface area (Å²) in [7, 11) is 0. The number of carbonyl (C=O) groups excluding carboxylic acids is 1. The molecule has 0 unspecified atom stereocenters. The largest absolute Gasteiger partial charge is 0.316 e. The number of aromatic nitrogens is 1. The molecule has 0 aliphatic carbocycles. The molecule has 2 aromatic carbocycles. The molecule has 1 heterocycles. The van der Waals surface area contributed by atoms with Crippen LogP contribution in [0.15, 0.2) is 53.0 Å². The summed E-state index contributed by atoms with van der Waals surface area (Å²) in [5.74, 6) is -0.177. The Kier molecular flexibility index (Phi) is 7.56. The van der Waals surface area contributed by atoms with Gasteiger partial charge < -0.3 is 0 Å². The lowest BCUT2D eigenvalue weighted by Gasteiger charge is -2.23. The number of hydrogen-bond acceptors (Lipinski definition) is 5. The van der Waals surface area contributed by atoms with Gasteiger partial charge in [0.05, 0.1) is 28.8 Å². The van der Waals surface area contributed by atoms with Crippen molar-refractivity contribution in [1.82, 2.24) is 4.98 Å². The van der Waals surface area contributed by atoms with Gasteiger partial charge in [-0.05, 0) is 59.0 Å². The first kappa shape index (κ1) is 24.1. The van der Waals surface area contributed by atoms with Crippen LogP contribution in [0.1, 0.15) is 42.1 Å². The van der Waals surface area contributed by atoms with Crippen molar-refractivity contribution in [2.75, 3.05) is 4.90 Å². The Morgan fingerprint density at radius 2 is 1.85 bits per heavy atom. The average molecular weight is 507 g/mol. The van der Waals surface area contributed by atoms with E-state index in [1.807, 2.05) is 49.4 Å². The van der Waals surface area contributed by atoms with Gasteiger partial charge in [0.15, 0.2) is 0 Å². The number of nitro groups is 1. The van der Waals surface area contributed by atoms with Crippen LogP contribution < -0.4 is 4.90 Å². The molecule has 3 rings (SSSR count). The number of pyridine rings is 1. The van der Waals surface area contributed by atoms with E-state index in [9.17, 15) is 20.2 Å². The van der Waals surface area contributed by atoms with Crippen molar-refractivity contribution in [3.05, 3.63) is 85.5 Å². The molecular formula is C25H23BrN4O3. The first-order valence-corrected chi connectivity index (χ1v) is 11.3. The van der Waals surface area contributed by atoms with Crippen LogP contribution in [0.25, 0.3) is 11.1 Å². The first-order valence-electron chi connectivity index (χ1n) is 10.5. The summed E-state index contributed by atoms with van der Waals surface area (Å²) in [6.07, 6.45) is 0.863. The molecule has 1 aromatic heterocycles. The molecule has 0 N–H and O–H groups in total. The predicted octanol–water partition coefficient (Wildman–Crippen LogP) is 6.24. The number of carbonyl (C=O) groups is 1. The van der Waals surface area contributed by atoms with Gasteiger partial charge in [0.25, 0.3) is 0 Å². The topological polar surface area (TPSA) is 100 Å². The Morgan fingerprint density at radius 3 is 2.45 bits per heavy atom. The second-order valence-corrected chi connectivity index (χ2v) is 8.44. The molecule has 0 aliphatic heterocycles. The summed E-state index contributed by atoms with van der Waals surface area (Å²) in [4.78, 5) is 30.2. The summed E-state index contributed by atoms with van der Waals surface area (Å²) in [6.45, 7) is 5.42. The van der Waals surface area contributed by atoms with Gasteiger partial charge in [-0.25, -0.2) is 4.98 Å². The van der Waals surface area contributed by atoms with Crippen LogP contribution in [0, 0.1) is 35.3 Å². The van der Waals surface area contributed by atoms with Gasteiger partial charge in [0, 0.05) is 16.5 Å². The molecule has 0 bridgehead atoms. The Bertz CT molecular complexity index is 1250. The Morgan fingerprint density at radius 1 is 1.18 bits per heavy atom. The highest BCUT2D eigenvalue weighted by Crippen LogP contribution is 2.37. The fourth-order valence-corrected chi connectivity index (χ4v) is 3.92. The number of anilines is 1. The van der Waals surface area contributed by atoms with E-state index in [2.05, 4.69) is 27.0 Å². The van der Waals surface area contributed by atoms with Crippen molar-refractivity contribution in [2.45, 2.75) is 40.2 Å². The van der Waals surface area contributed by atoms with Crippen molar-refractivity contribution in [3.8, 4) is 17.2 Å². The van der Waals surface area contributed by atoms with Crippen LogP contribution >= 0.6 is 15.9 Å². The van der Waals surface area contributed by atoms with Crippen LogP contribution in [0.4, 0.5) is 11.5 Å². The van der Waals surface area contributed by atoms with Crippen molar-refractivity contribution < 1.29 is 9.72 Å². The highest BCUT2D eigenvalue weighted by Gasteiger charge is 2.30. The summed E-state index contributed by atoms with van der Waals surface area (Å²) in [5, 5.41) is 21.3. The van der Waals surface area contributed by atoms with Gasteiger partial charge in [0.1, 0.15) is 0 Å². The minimum atomic E-state index is -0.490. The van der Waals surface area contributed by atoms with Crippen molar-refractivity contribution in [2.24, 2.45) is 0 Å². The molecule has 33 heavy (non-hydrogen) atoms. The number of rotatable bonds is 7. The van der Waals surface area contributed by atoms with E-state index in [0.717, 1.165) is 16.7 Å². The van der Waals surface area contributed by atoms with Gasteiger partial charge >= 0.3 is 5.69 Å².